The van der Waals surface area contributed by atoms with Gasteiger partial charge in [0.25, 0.3) is 0 Å². The minimum atomic E-state index is 0.775. The summed E-state index contributed by atoms with van der Waals surface area (Å²) in [5.41, 5.74) is 3.64. The first kappa shape index (κ1) is 7.47. The Morgan fingerprint density at radius 3 is 2.75 bits per heavy atom. The smallest absolute Gasteiger partial charge is 0.145 e. The zero-order chi connectivity index (χ0) is 8.55. The molecular weight excluding hydrogens is 150 g/mol. The zero-order valence-corrected chi connectivity index (χ0v) is 7.48. The number of hydrogen-bond acceptors (Lipinski definition) is 2. The van der Waals surface area contributed by atoms with Crippen molar-refractivity contribution in [2.75, 3.05) is 18.5 Å². The van der Waals surface area contributed by atoms with Crippen molar-refractivity contribution < 1.29 is 4.74 Å². The van der Waals surface area contributed by atoms with Crippen molar-refractivity contribution in [3.8, 4) is 5.75 Å². The number of fused-ring (bicyclic) bond motifs is 1. The lowest BCUT2D eigenvalue weighted by atomic mass is 10.1. The van der Waals surface area contributed by atoms with E-state index in [0.29, 0.717) is 0 Å². The van der Waals surface area contributed by atoms with E-state index in [1.807, 2.05) is 0 Å². The van der Waals surface area contributed by atoms with Crippen LogP contribution in [0.5, 0.6) is 5.75 Å². The Morgan fingerprint density at radius 2 is 2.00 bits per heavy atom. The molecule has 0 saturated carbocycles. The molecule has 0 atom stereocenters. The molecular formula is C10H13NO. The van der Waals surface area contributed by atoms with Crippen LogP contribution in [0.15, 0.2) is 12.1 Å². The van der Waals surface area contributed by atoms with Gasteiger partial charge in [0.05, 0.1) is 5.69 Å². The molecule has 0 fully saturated rings. The van der Waals surface area contributed by atoms with Crippen LogP contribution in [0.2, 0.25) is 0 Å². The first-order valence-corrected chi connectivity index (χ1v) is 4.26. The summed E-state index contributed by atoms with van der Waals surface area (Å²) < 4.78 is 5.57. The van der Waals surface area contributed by atoms with Crippen molar-refractivity contribution in [2.45, 2.75) is 13.8 Å². The molecule has 2 rings (SSSR count). The minimum Gasteiger partial charge on any atom is -0.489 e. The summed E-state index contributed by atoms with van der Waals surface area (Å²) in [5, 5.41) is 3.35. The van der Waals surface area contributed by atoms with Gasteiger partial charge < -0.3 is 10.1 Å². The van der Waals surface area contributed by atoms with E-state index in [-0.39, 0.29) is 0 Å². The zero-order valence-electron chi connectivity index (χ0n) is 7.48. The maximum atomic E-state index is 5.57. The van der Waals surface area contributed by atoms with Crippen LogP contribution in [0.25, 0.3) is 0 Å². The van der Waals surface area contributed by atoms with Gasteiger partial charge >= 0.3 is 0 Å². The SMILES string of the molecule is Cc1ccc(C)c2c1NCCO2. The fraction of sp³-hybridized carbons (Fsp3) is 0.400. The fourth-order valence-electron chi connectivity index (χ4n) is 1.52. The van der Waals surface area contributed by atoms with Gasteiger partial charge in [-0.25, -0.2) is 0 Å². The van der Waals surface area contributed by atoms with E-state index in [4.69, 9.17) is 4.74 Å². The van der Waals surface area contributed by atoms with Gasteiger partial charge in [-0.1, -0.05) is 12.1 Å². The van der Waals surface area contributed by atoms with Crippen molar-refractivity contribution >= 4 is 5.69 Å². The predicted molar refractivity (Wildman–Crippen MR) is 49.9 cm³/mol. The molecule has 0 bridgehead atoms. The number of rotatable bonds is 0. The topological polar surface area (TPSA) is 21.3 Å². The molecule has 1 heterocycles. The summed E-state index contributed by atoms with van der Waals surface area (Å²) in [7, 11) is 0. The highest BCUT2D eigenvalue weighted by molar-refractivity contribution is 5.65. The van der Waals surface area contributed by atoms with E-state index >= 15 is 0 Å². The van der Waals surface area contributed by atoms with Crippen molar-refractivity contribution in [3.05, 3.63) is 23.3 Å². The fourth-order valence-corrected chi connectivity index (χ4v) is 1.52. The van der Waals surface area contributed by atoms with Crippen LogP contribution < -0.4 is 10.1 Å². The van der Waals surface area contributed by atoms with E-state index < -0.39 is 0 Å². The third-order valence-electron chi connectivity index (χ3n) is 2.21. The van der Waals surface area contributed by atoms with Crippen molar-refractivity contribution in [1.82, 2.24) is 0 Å². The van der Waals surface area contributed by atoms with Crippen LogP contribution in [-0.4, -0.2) is 13.2 Å². The van der Waals surface area contributed by atoms with Gasteiger partial charge in [0.1, 0.15) is 12.4 Å². The van der Waals surface area contributed by atoms with E-state index in [0.717, 1.165) is 18.9 Å². The summed E-state index contributed by atoms with van der Waals surface area (Å²) in [6.45, 7) is 5.86. The van der Waals surface area contributed by atoms with E-state index in [1.54, 1.807) is 0 Å². The van der Waals surface area contributed by atoms with Gasteiger partial charge in [-0.2, -0.15) is 0 Å². The lowest BCUT2D eigenvalue weighted by molar-refractivity contribution is 0.321. The largest absolute Gasteiger partial charge is 0.489 e. The number of benzene rings is 1. The second kappa shape index (κ2) is 2.70. The molecule has 0 amide bonds. The molecule has 0 spiro atoms. The average Bonchev–Trinajstić information content (AvgIpc) is 2.12. The Balaban J connectivity index is 2.57. The second-order valence-electron chi connectivity index (χ2n) is 3.18. The molecule has 1 aliphatic heterocycles. The van der Waals surface area contributed by atoms with Crippen LogP contribution in [0, 0.1) is 13.8 Å². The Bertz CT molecular complexity index is 276. The highest BCUT2D eigenvalue weighted by atomic mass is 16.5. The van der Waals surface area contributed by atoms with Gasteiger partial charge in [0.15, 0.2) is 0 Å². The molecule has 1 aromatic carbocycles. The molecule has 0 radical (unpaired) electrons. The molecule has 64 valence electrons. The van der Waals surface area contributed by atoms with Crippen molar-refractivity contribution in [2.24, 2.45) is 0 Å². The van der Waals surface area contributed by atoms with Gasteiger partial charge in [0.2, 0.25) is 0 Å². The maximum absolute atomic E-state index is 5.57. The summed E-state index contributed by atoms with van der Waals surface area (Å²) >= 11 is 0. The first-order valence-electron chi connectivity index (χ1n) is 4.26. The molecule has 12 heavy (non-hydrogen) atoms. The van der Waals surface area contributed by atoms with Gasteiger partial charge in [0, 0.05) is 6.54 Å². The molecule has 1 N–H and O–H groups in total. The third-order valence-corrected chi connectivity index (χ3v) is 2.21. The van der Waals surface area contributed by atoms with Crippen molar-refractivity contribution in [1.29, 1.82) is 0 Å². The quantitative estimate of drug-likeness (QED) is 0.632. The standard InChI is InChI=1S/C10H13NO/c1-7-3-4-8(2)10-9(7)11-5-6-12-10/h3-4,11H,5-6H2,1-2H3. The van der Waals surface area contributed by atoms with Crippen LogP contribution in [0.4, 0.5) is 5.69 Å². The Hall–Kier alpha value is -1.18. The number of aryl methyl sites for hydroxylation is 2. The molecule has 1 aliphatic rings. The normalized spacial score (nSPS) is 14.5. The Labute approximate surface area is 72.5 Å². The number of nitrogens with one attached hydrogen (secondary N) is 1. The molecule has 2 heteroatoms. The monoisotopic (exact) mass is 163 g/mol. The maximum Gasteiger partial charge on any atom is 0.145 e. The summed E-state index contributed by atoms with van der Waals surface area (Å²) in [6, 6.07) is 4.22. The van der Waals surface area contributed by atoms with Crippen LogP contribution in [0.1, 0.15) is 11.1 Å². The van der Waals surface area contributed by atoms with E-state index in [9.17, 15) is 0 Å². The molecule has 2 nitrogen and oxygen atoms in total. The Kier molecular flexibility index (Phi) is 1.68. The lowest BCUT2D eigenvalue weighted by Crippen LogP contribution is -2.19. The van der Waals surface area contributed by atoms with Crippen LogP contribution in [0.3, 0.4) is 0 Å². The van der Waals surface area contributed by atoms with E-state index in [2.05, 4.69) is 31.3 Å². The predicted octanol–water partition coefficient (Wildman–Crippen LogP) is 2.11. The minimum absolute atomic E-state index is 0.775. The molecule has 0 aromatic heterocycles. The highest BCUT2D eigenvalue weighted by Gasteiger charge is 2.13. The molecule has 0 aliphatic carbocycles. The number of ether oxygens (including phenoxy) is 1. The summed E-state index contributed by atoms with van der Waals surface area (Å²) in [4.78, 5) is 0. The number of hydrogen-bond donors (Lipinski definition) is 1. The number of anilines is 1. The third kappa shape index (κ3) is 1.04. The van der Waals surface area contributed by atoms with Crippen LogP contribution in [-0.2, 0) is 0 Å². The molecule has 1 aromatic rings. The van der Waals surface area contributed by atoms with Gasteiger partial charge in [-0.3, -0.25) is 0 Å². The Morgan fingerprint density at radius 1 is 1.25 bits per heavy atom. The van der Waals surface area contributed by atoms with Gasteiger partial charge in [-0.05, 0) is 25.0 Å². The lowest BCUT2D eigenvalue weighted by Gasteiger charge is -2.22. The summed E-state index contributed by atoms with van der Waals surface area (Å²) in [5.74, 6) is 1.03. The van der Waals surface area contributed by atoms with Crippen LogP contribution >= 0.6 is 0 Å². The molecule has 0 saturated heterocycles. The summed E-state index contributed by atoms with van der Waals surface area (Å²) in [6.07, 6.45) is 0. The van der Waals surface area contributed by atoms with Crippen molar-refractivity contribution in [3.63, 3.8) is 0 Å². The highest BCUT2D eigenvalue weighted by Crippen LogP contribution is 2.33. The average molecular weight is 163 g/mol. The van der Waals surface area contributed by atoms with Gasteiger partial charge in [-0.15, -0.1) is 0 Å². The second-order valence-corrected chi connectivity index (χ2v) is 3.18. The molecule has 0 unspecified atom stereocenters. The first-order chi connectivity index (χ1) is 5.79. The van der Waals surface area contributed by atoms with E-state index in [1.165, 1.54) is 16.8 Å².